The lowest BCUT2D eigenvalue weighted by atomic mass is 10.2. The van der Waals surface area contributed by atoms with Gasteiger partial charge in [-0.1, -0.05) is 36.4 Å². The van der Waals surface area contributed by atoms with E-state index in [1.54, 1.807) is 11.3 Å². The molecular weight excluding hydrogens is 258 g/mol. The largest absolute Gasteiger partial charge is 0.469 e. The number of carbonyl (C=O) groups excluding carboxylic acids is 1. The number of aromatic nitrogens is 1. The molecule has 98 valence electrons. The van der Waals surface area contributed by atoms with E-state index in [1.165, 1.54) is 7.11 Å². The van der Waals surface area contributed by atoms with E-state index in [0.29, 0.717) is 0 Å². The lowest BCUT2D eigenvalue weighted by molar-refractivity contribution is -0.139. The van der Waals surface area contributed by atoms with Crippen molar-refractivity contribution in [2.24, 2.45) is 0 Å². The Morgan fingerprint density at radius 1 is 1.32 bits per heavy atom. The van der Waals surface area contributed by atoms with Crippen LogP contribution in [0, 0.1) is 6.92 Å². The predicted octanol–water partition coefficient (Wildman–Crippen LogP) is 3.34. The van der Waals surface area contributed by atoms with Crippen molar-refractivity contribution in [1.29, 1.82) is 0 Å². The van der Waals surface area contributed by atoms with Crippen LogP contribution in [-0.2, 0) is 16.0 Å². The van der Waals surface area contributed by atoms with E-state index >= 15 is 0 Å². The molecule has 0 unspecified atom stereocenters. The van der Waals surface area contributed by atoms with Crippen LogP contribution in [0.15, 0.2) is 30.3 Å². The molecular formula is C15H15NO2S. The van der Waals surface area contributed by atoms with Gasteiger partial charge in [0, 0.05) is 4.88 Å². The molecule has 1 aromatic heterocycles. The molecule has 0 spiro atoms. The molecule has 0 aliphatic carbocycles. The summed E-state index contributed by atoms with van der Waals surface area (Å²) < 4.78 is 4.66. The number of aryl methyl sites for hydroxylation is 1. The number of nitrogens with zero attached hydrogens (tertiary/aromatic N) is 1. The van der Waals surface area contributed by atoms with Crippen molar-refractivity contribution in [2.45, 2.75) is 13.3 Å². The number of benzene rings is 1. The predicted molar refractivity (Wildman–Crippen MR) is 77.9 cm³/mol. The maximum atomic E-state index is 11.2. The Morgan fingerprint density at radius 3 is 2.74 bits per heavy atom. The SMILES string of the molecule is COC(=O)Cc1nc(C=Cc2ccccc2)sc1C. The van der Waals surface area contributed by atoms with Crippen molar-refractivity contribution < 1.29 is 9.53 Å². The molecule has 0 fully saturated rings. The first-order valence-corrected chi connectivity index (χ1v) is 6.77. The van der Waals surface area contributed by atoms with Gasteiger partial charge in [0.2, 0.25) is 0 Å². The number of carbonyl (C=O) groups is 1. The molecule has 0 atom stereocenters. The van der Waals surface area contributed by atoms with Gasteiger partial charge < -0.3 is 4.74 Å². The van der Waals surface area contributed by atoms with Gasteiger partial charge in [0.05, 0.1) is 19.2 Å². The molecule has 2 aromatic rings. The number of hydrogen-bond donors (Lipinski definition) is 0. The number of ether oxygens (including phenoxy) is 1. The Kier molecular flexibility index (Phi) is 4.47. The van der Waals surface area contributed by atoms with Crippen molar-refractivity contribution in [3.05, 3.63) is 51.5 Å². The Morgan fingerprint density at radius 2 is 2.05 bits per heavy atom. The van der Waals surface area contributed by atoms with Crippen LogP contribution in [0.3, 0.4) is 0 Å². The summed E-state index contributed by atoms with van der Waals surface area (Å²) in [7, 11) is 1.39. The first-order valence-electron chi connectivity index (χ1n) is 5.95. The average Bonchev–Trinajstić information content (AvgIpc) is 2.78. The van der Waals surface area contributed by atoms with Crippen LogP contribution < -0.4 is 0 Å². The third-order valence-electron chi connectivity index (χ3n) is 2.67. The average molecular weight is 273 g/mol. The van der Waals surface area contributed by atoms with Gasteiger partial charge in [0.15, 0.2) is 0 Å². The second-order valence-electron chi connectivity index (χ2n) is 4.05. The summed E-state index contributed by atoms with van der Waals surface area (Å²) in [4.78, 5) is 16.7. The molecule has 0 saturated carbocycles. The minimum absolute atomic E-state index is 0.234. The molecule has 0 radical (unpaired) electrons. The fourth-order valence-corrected chi connectivity index (χ4v) is 2.47. The number of hydrogen-bond acceptors (Lipinski definition) is 4. The van der Waals surface area contributed by atoms with Gasteiger partial charge in [-0.05, 0) is 18.6 Å². The monoisotopic (exact) mass is 273 g/mol. The zero-order valence-corrected chi connectivity index (χ0v) is 11.7. The maximum Gasteiger partial charge on any atom is 0.311 e. The summed E-state index contributed by atoms with van der Waals surface area (Å²) in [6.07, 6.45) is 4.21. The van der Waals surface area contributed by atoms with Gasteiger partial charge >= 0.3 is 5.97 Å². The summed E-state index contributed by atoms with van der Waals surface area (Å²) >= 11 is 1.58. The zero-order chi connectivity index (χ0) is 13.7. The third kappa shape index (κ3) is 3.76. The van der Waals surface area contributed by atoms with Crippen LogP contribution in [0.4, 0.5) is 0 Å². The van der Waals surface area contributed by atoms with Crippen LogP contribution in [-0.4, -0.2) is 18.1 Å². The first-order chi connectivity index (χ1) is 9.19. The molecule has 1 aromatic carbocycles. The lowest BCUT2D eigenvalue weighted by Gasteiger charge is -1.95. The van der Waals surface area contributed by atoms with Crippen molar-refractivity contribution in [2.75, 3.05) is 7.11 Å². The molecule has 0 amide bonds. The minimum atomic E-state index is -0.257. The highest BCUT2D eigenvalue weighted by molar-refractivity contribution is 7.12. The van der Waals surface area contributed by atoms with Gasteiger partial charge in [-0.25, -0.2) is 4.98 Å². The molecule has 19 heavy (non-hydrogen) atoms. The molecule has 0 bridgehead atoms. The maximum absolute atomic E-state index is 11.2. The second-order valence-corrected chi connectivity index (χ2v) is 5.29. The third-order valence-corrected chi connectivity index (χ3v) is 3.64. The first kappa shape index (κ1) is 13.5. The number of methoxy groups -OCH3 is 1. The fraction of sp³-hybridized carbons (Fsp3) is 0.200. The standard InChI is InChI=1S/C15H15NO2S/c1-11-13(10-15(17)18-2)16-14(19-11)9-8-12-6-4-3-5-7-12/h3-9H,10H2,1-2H3. The number of thiazole rings is 1. The molecule has 4 heteroatoms. The minimum Gasteiger partial charge on any atom is -0.469 e. The topological polar surface area (TPSA) is 39.2 Å². The Hall–Kier alpha value is -1.94. The van der Waals surface area contributed by atoms with E-state index in [9.17, 15) is 4.79 Å². The van der Waals surface area contributed by atoms with Crippen LogP contribution in [0.5, 0.6) is 0 Å². The van der Waals surface area contributed by atoms with E-state index in [4.69, 9.17) is 0 Å². The highest BCUT2D eigenvalue weighted by Crippen LogP contribution is 2.20. The Labute approximate surface area is 116 Å². The summed E-state index contributed by atoms with van der Waals surface area (Å²) in [6, 6.07) is 10.0. The van der Waals surface area contributed by atoms with Crippen LogP contribution in [0.1, 0.15) is 21.1 Å². The highest BCUT2D eigenvalue weighted by atomic mass is 32.1. The molecule has 0 aliphatic heterocycles. The molecule has 0 saturated heterocycles. The lowest BCUT2D eigenvalue weighted by Crippen LogP contribution is -2.05. The van der Waals surface area contributed by atoms with Crippen LogP contribution >= 0.6 is 11.3 Å². The molecule has 0 aliphatic rings. The van der Waals surface area contributed by atoms with E-state index in [2.05, 4.69) is 9.72 Å². The molecule has 2 rings (SSSR count). The summed E-state index contributed by atoms with van der Waals surface area (Å²) in [5.74, 6) is -0.257. The molecule has 3 nitrogen and oxygen atoms in total. The second kappa shape index (κ2) is 6.29. The summed E-state index contributed by atoms with van der Waals surface area (Å²) in [5, 5.41) is 0.903. The van der Waals surface area contributed by atoms with Crippen molar-refractivity contribution >= 4 is 29.5 Å². The molecule has 1 heterocycles. The highest BCUT2D eigenvalue weighted by Gasteiger charge is 2.10. The quantitative estimate of drug-likeness (QED) is 0.802. The number of esters is 1. The summed E-state index contributed by atoms with van der Waals surface area (Å²) in [6.45, 7) is 1.97. The normalized spacial score (nSPS) is 10.8. The van der Waals surface area contributed by atoms with Crippen molar-refractivity contribution in [3.63, 3.8) is 0 Å². The smallest absolute Gasteiger partial charge is 0.311 e. The van der Waals surface area contributed by atoms with Crippen LogP contribution in [0.2, 0.25) is 0 Å². The summed E-state index contributed by atoms with van der Waals surface area (Å²) in [5.41, 5.74) is 1.93. The Bertz CT molecular complexity index is 587. The van der Waals surface area contributed by atoms with E-state index in [-0.39, 0.29) is 12.4 Å². The van der Waals surface area contributed by atoms with Gasteiger partial charge in [-0.3, -0.25) is 4.79 Å². The van der Waals surface area contributed by atoms with E-state index in [1.807, 2.05) is 49.4 Å². The Balaban J connectivity index is 2.12. The van der Waals surface area contributed by atoms with E-state index in [0.717, 1.165) is 21.1 Å². The zero-order valence-electron chi connectivity index (χ0n) is 10.9. The number of rotatable bonds is 4. The van der Waals surface area contributed by atoms with Crippen LogP contribution in [0.25, 0.3) is 12.2 Å². The van der Waals surface area contributed by atoms with Gasteiger partial charge in [-0.15, -0.1) is 11.3 Å². The van der Waals surface area contributed by atoms with Gasteiger partial charge in [0.25, 0.3) is 0 Å². The van der Waals surface area contributed by atoms with Gasteiger partial charge in [-0.2, -0.15) is 0 Å². The fourth-order valence-electron chi connectivity index (χ4n) is 1.63. The van der Waals surface area contributed by atoms with Crippen molar-refractivity contribution in [3.8, 4) is 0 Å². The molecule has 0 N–H and O–H groups in total. The van der Waals surface area contributed by atoms with Crippen molar-refractivity contribution in [1.82, 2.24) is 4.98 Å². The van der Waals surface area contributed by atoms with Gasteiger partial charge in [0.1, 0.15) is 5.01 Å². The van der Waals surface area contributed by atoms with E-state index < -0.39 is 0 Å².